The lowest BCUT2D eigenvalue weighted by Gasteiger charge is -1.92. The van der Waals surface area contributed by atoms with Crippen LogP contribution in [0.2, 0.25) is 0 Å². The molecule has 0 spiro atoms. The first kappa shape index (κ1) is 12.1. The zero-order valence-corrected chi connectivity index (χ0v) is 6.98. The maximum Gasteiger partial charge on any atom is 0.303 e. The number of carboxylic acid groups (broad SMARTS) is 1. The topological polar surface area (TPSA) is 49.3 Å². The summed E-state index contributed by atoms with van der Waals surface area (Å²) in [6.07, 6.45) is 0.979. The van der Waals surface area contributed by atoms with Crippen molar-refractivity contribution in [3.05, 3.63) is 0 Å². The Morgan fingerprint density at radius 1 is 1.50 bits per heavy atom. The van der Waals surface area contributed by atoms with Crippen LogP contribution in [-0.2, 0) is 4.79 Å². The largest absolute Gasteiger partial charge is 0.481 e. The predicted molar refractivity (Wildman–Crippen MR) is 42.1 cm³/mol. The summed E-state index contributed by atoms with van der Waals surface area (Å²) in [4.78, 5) is 9.85. The Morgan fingerprint density at radius 2 is 2.00 bits per heavy atom. The van der Waals surface area contributed by atoms with Crippen LogP contribution in [0.4, 0.5) is 0 Å². The molecule has 0 unspecified atom stereocenters. The average Bonchev–Trinajstić information content (AvgIpc) is 1.92. The monoisotopic (exact) mass is 147 g/mol. The zero-order valence-electron chi connectivity index (χ0n) is 6.98. The van der Waals surface area contributed by atoms with Gasteiger partial charge in [0.2, 0.25) is 0 Å². The van der Waals surface area contributed by atoms with Gasteiger partial charge in [-0.05, 0) is 20.0 Å². The highest BCUT2D eigenvalue weighted by atomic mass is 16.4. The molecule has 0 aromatic heterocycles. The Morgan fingerprint density at radius 3 is 2.30 bits per heavy atom. The van der Waals surface area contributed by atoms with Gasteiger partial charge in [0.15, 0.2) is 0 Å². The van der Waals surface area contributed by atoms with Gasteiger partial charge in [-0.25, -0.2) is 0 Å². The van der Waals surface area contributed by atoms with Crippen molar-refractivity contribution in [3.8, 4) is 0 Å². The quantitative estimate of drug-likeness (QED) is 0.585. The smallest absolute Gasteiger partial charge is 0.303 e. The first-order valence-electron chi connectivity index (χ1n) is 3.63. The molecule has 2 N–H and O–H groups in total. The molecular weight excluding hydrogens is 130 g/mol. The highest BCUT2D eigenvalue weighted by Crippen LogP contribution is 1.83. The SMILES string of the molecule is CC.CNCCCC(=O)O. The normalized spacial score (nSPS) is 7.90. The van der Waals surface area contributed by atoms with Gasteiger partial charge in [0.25, 0.3) is 0 Å². The van der Waals surface area contributed by atoms with Crippen LogP contribution in [0, 0.1) is 0 Å². The van der Waals surface area contributed by atoms with E-state index in [1.165, 1.54) is 0 Å². The molecule has 0 aromatic rings. The Labute approximate surface area is 62.4 Å². The Hall–Kier alpha value is -0.570. The third-order valence-corrected chi connectivity index (χ3v) is 0.817. The van der Waals surface area contributed by atoms with Crippen molar-refractivity contribution < 1.29 is 9.90 Å². The fraction of sp³-hybridized carbons (Fsp3) is 0.857. The van der Waals surface area contributed by atoms with Gasteiger partial charge in [-0.2, -0.15) is 0 Å². The van der Waals surface area contributed by atoms with E-state index in [9.17, 15) is 4.79 Å². The first-order chi connectivity index (χ1) is 4.77. The number of hydrogen-bond acceptors (Lipinski definition) is 2. The van der Waals surface area contributed by atoms with Crippen LogP contribution in [0.25, 0.3) is 0 Å². The van der Waals surface area contributed by atoms with E-state index in [2.05, 4.69) is 5.32 Å². The van der Waals surface area contributed by atoms with Gasteiger partial charge >= 0.3 is 5.97 Å². The molecule has 0 atom stereocenters. The maximum absolute atomic E-state index is 9.85. The van der Waals surface area contributed by atoms with Gasteiger partial charge in [-0.1, -0.05) is 13.8 Å². The molecule has 0 aliphatic heterocycles. The number of hydrogen-bond donors (Lipinski definition) is 2. The Bertz CT molecular complexity index is 74.0. The highest BCUT2D eigenvalue weighted by molar-refractivity contribution is 5.66. The summed E-state index contributed by atoms with van der Waals surface area (Å²) < 4.78 is 0. The number of carbonyl (C=O) groups is 1. The minimum absolute atomic E-state index is 0.265. The maximum atomic E-state index is 9.85. The zero-order chi connectivity index (χ0) is 8.41. The lowest BCUT2D eigenvalue weighted by Crippen LogP contribution is -2.09. The Kier molecular flexibility index (Phi) is 13.7. The Balaban J connectivity index is 0. The summed E-state index contributed by atoms with van der Waals surface area (Å²) in [5.74, 6) is -0.722. The standard InChI is InChI=1S/C5H11NO2.C2H6/c1-6-4-2-3-5(7)8;1-2/h6H,2-4H2,1H3,(H,7,8);1-2H3. The van der Waals surface area contributed by atoms with Crippen molar-refractivity contribution in [1.29, 1.82) is 0 Å². The number of aliphatic carboxylic acids is 1. The van der Waals surface area contributed by atoms with Crippen molar-refractivity contribution in [1.82, 2.24) is 5.32 Å². The van der Waals surface area contributed by atoms with E-state index in [0.29, 0.717) is 6.42 Å². The van der Waals surface area contributed by atoms with Crippen LogP contribution in [0.15, 0.2) is 0 Å². The van der Waals surface area contributed by atoms with Crippen LogP contribution < -0.4 is 5.32 Å². The van der Waals surface area contributed by atoms with Gasteiger partial charge in [-0.3, -0.25) is 4.79 Å². The van der Waals surface area contributed by atoms with E-state index in [0.717, 1.165) is 6.54 Å². The van der Waals surface area contributed by atoms with Gasteiger partial charge in [0.1, 0.15) is 0 Å². The van der Waals surface area contributed by atoms with Crippen LogP contribution >= 0.6 is 0 Å². The molecule has 0 aromatic carbocycles. The van der Waals surface area contributed by atoms with Crippen molar-refractivity contribution >= 4 is 5.97 Å². The third kappa shape index (κ3) is 15.7. The summed E-state index contributed by atoms with van der Waals surface area (Å²) >= 11 is 0. The molecular formula is C7H17NO2. The van der Waals surface area contributed by atoms with Crippen molar-refractivity contribution in [2.45, 2.75) is 26.7 Å². The summed E-state index contributed by atoms with van der Waals surface area (Å²) in [6, 6.07) is 0. The molecule has 0 aliphatic carbocycles. The molecule has 0 amide bonds. The molecule has 3 nitrogen and oxygen atoms in total. The van der Waals surface area contributed by atoms with Crippen LogP contribution in [-0.4, -0.2) is 24.7 Å². The second-order valence-electron chi connectivity index (χ2n) is 1.60. The van der Waals surface area contributed by atoms with Gasteiger partial charge in [0.05, 0.1) is 0 Å². The second-order valence-corrected chi connectivity index (χ2v) is 1.60. The van der Waals surface area contributed by atoms with Gasteiger partial charge < -0.3 is 10.4 Å². The van der Waals surface area contributed by atoms with E-state index >= 15 is 0 Å². The van der Waals surface area contributed by atoms with Gasteiger partial charge in [-0.15, -0.1) is 0 Å². The highest BCUT2D eigenvalue weighted by Gasteiger charge is 1.92. The summed E-state index contributed by atoms with van der Waals surface area (Å²) in [5.41, 5.74) is 0. The first-order valence-corrected chi connectivity index (χ1v) is 3.63. The summed E-state index contributed by atoms with van der Waals surface area (Å²) in [7, 11) is 1.81. The molecule has 0 heterocycles. The molecule has 10 heavy (non-hydrogen) atoms. The van der Waals surface area contributed by atoms with Crippen LogP contribution in [0.1, 0.15) is 26.7 Å². The molecule has 0 saturated heterocycles. The molecule has 0 saturated carbocycles. The van der Waals surface area contributed by atoms with E-state index in [1.54, 1.807) is 0 Å². The van der Waals surface area contributed by atoms with Crippen LogP contribution in [0.3, 0.4) is 0 Å². The van der Waals surface area contributed by atoms with Crippen molar-refractivity contribution in [3.63, 3.8) is 0 Å². The number of rotatable bonds is 4. The minimum atomic E-state index is -0.722. The van der Waals surface area contributed by atoms with E-state index in [1.807, 2.05) is 20.9 Å². The molecule has 0 aliphatic rings. The van der Waals surface area contributed by atoms with Crippen molar-refractivity contribution in [2.24, 2.45) is 0 Å². The molecule has 0 rings (SSSR count). The minimum Gasteiger partial charge on any atom is -0.481 e. The lowest BCUT2D eigenvalue weighted by atomic mass is 10.3. The second kappa shape index (κ2) is 11.3. The van der Waals surface area contributed by atoms with E-state index in [4.69, 9.17) is 5.11 Å². The average molecular weight is 147 g/mol. The molecule has 0 bridgehead atoms. The number of nitrogens with one attached hydrogen (secondary N) is 1. The third-order valence-electron chi connectivity index (χ3n) is 0.817. The van der Waals surface area contributed by atoms with Crippen LogP contribution in [0.5, 0.6) is 0 Å². The lowest BCUT2D eigenvalue weighted by molar-refractivity contribution is -0.137. The van der Waals surface area contributed by atoms with E-state index in [-0.39, 0.29) is 6.42 Å². The summed E-state index contributed by atoms with van der Waals surface area (Å²) in [6.45, 7) is 4.78. The van der Waals surface area contributed by atoms with Crippen molar-refractivity contribution in [2.75, 3.05) is 13.6 Å². The summed E-state index contributed by atoms with van der Waals surface area (Å²) in [5, 5.41) is 11.0. The fourth-order valence-electron chi connectivity index (χ4n) is 0.416. The molecule has 0 radical (unpaired) electrons. The predicted octanol–water partition coefficient (Wildman–Crippen LogP) is 1.10. The molecule has 3 heteroatoms. The van der Waals surface area contributed by atoms with Gasteiger partial charge in [0, 0.05) is 6.42 Å². The molecule has 0 fully saturated rings. The van der Waals surface area contributed by atoms with E-state index < -0.39 is 5.97 Å². The number of carboxylic acids is 1. The molecule has 62 valence electrons. The fourth-order valence-corrected chi connectivity index (χ4v) is 0.416.